The Hall–Kier alpha value is -1.75. The number of nitrogens with one attached hydrogen (secondary N) is 1. The molecule has 0 saturated carbocycles. The Labute approximate surface area is 92.6 Å². The minimum Gasteiger partial charge on any atom is -0.345 e. The van der Waals surface area contributed by atoms with Crippen molar-refractivity contribution in [3.8, 4) is 0 Å². The first kappa shape index (κ1) is 12.3. The third-order valence-electron chi connectivity index (χ3n) is 2.11. The van der Waals surface area contributed by atoms with E-state index in [1.165, 1.54) is 6.07 Å². The second-order valence-electron chi connectivity index (χ2n) is 3.39. The average molecular weight is 224 g/mol. The molecule has 0 spiro atoms. The summed E-state index contributed by atoms with van der Waals surface area (Å²) in [5.74, 6) is -1.68. The fourth-order valence-electron chi connectivity index (χ4n) is 1.19. The Kier molecular flexibility index (Phi) is 4.13. The molecule has 5 heteroatoms. The zero-order valence-electron chi connectivity index (χ0n) is 8.92. The summed E-state index contributed by atoms with van der Waals surface area (Å²) in [7, 11) is 0. The van der Waals surface area contributed by atoms with Gasteiger partial charge in [-0.3, -0.25) is 9.59 Å². The summed E-state index contributed by atoms with van der Waals surface area (Å²) in [5, 5.41) is 2.41. The van der Waals surface area contributed by atoms with Crippen LogP contribution >= 0.6 is 0 Å². The van der Waals surface area contributed by atoms with E-state index in [1.807, 2.05) is 0 Å². The SMILES string of the molecule is Cc1cc(CNC(=O)C(=O)CN)ccc1F. The summed E-state index contributed by atoms with van der Waals surface area (Å²) < 4.78 is 12.9. The van der Waals surface area contributed by atoms with E-state index < -0.39 is 11.7 Å². The van der Waals surface area contributed by atoms with Gasteiger partial charge in [0, 0.05) is 6.54 Å². The van der Waals surface area contributed by atoms with Crippen LogP contribution in [-0.2, 0) is 16.1 Å². The molecule has 86 valence electrons. The number of benzene rings is 1. The van der Waals surface area contributed by atoms with Gasteiger partial charge in [-0.25, -0.2) is 4.39 Å². The summed E-state index contributed by atoms with van der Waals surface area (Å²) in [6.45, 7) is 1.51. The highest BCUT2D eigenvalue weighted by atomic mass is 19.1. The van der Waals surface area contributed by atoms with Crippen LogP contribution in [0, 0.1) is 12.7 Å². The Bertz CT molecular complexity index is 418. The molecular weight excluding hydrogens is 211 g/mol. The first-order valence-corrected chi connectivity index (χ1v) is 4.80. The molecular formula is C11H13FN2O2. The van der Waals surface area contributed by atoms with E-state index in [1.54, 1.807) is 19.1 Å². The molecule has 1 amide bonds. The fourth-order valence-corrected chi connectivity index (χ4v) is 1.19. The zero-order valence-corrected chi connectivity index (χ0v) is 8.92. The fraction of sp³-hybridized carbons (Fsp3) is 0.273. The number of hydrogen-bond acceptors (Lipinski definition) is 3. The van der Waals surface area contributed by atoms with Crippen LogP contribution in [0.1, 0.15) is 11.1 Å². The van der Waals surface area contributed by atoms with Crippen LogP contribution in [0.2, 0.25) is 0 Å². The van der Waals surface area contributed by atoms with Crippen molar-refractivity contribution in [2.45, 2.75) is 13.5 Å². The summed E-state index contributed by atoms with van der Waals surface area (Å²) >= 11 is 0. The Balaban J connectivity index is 2.58. The van der Waals surface area contributed by atoms with Gasteiger partial charge in [0.2, 0.25) is 5.78 Å². The molecule has 4 nitrogen and oxygen atoms in total. The molecule has 0 bridgehead atoms. The van der Waals surface area contributed by atoms with Gasteiger partial charge in [0.25, 0.3) is 5.91 Å². The van der Waals surface area contributed by atoms with E-state index in [4.69, 9.17) is 5.73 Å². The van der Waals surface area contributed by atoms with Crippen molar-refractivity contribution in [2.24, 2.45) is 5.73 Å². The summed E-state index contributed by atoms with van der Waals surface area (Å²) in [4.78, 5) is 21.9. The van der Waals surface area contributed by atoms with Gasteiger partial charge in [-0.05, 0) is 24.1 Å². The largest absolute Gasteiger partial charge is 0.345 e. The molecule has 0 radical (unpaired) electrons. The molecule has 3 N–H and O–H groups in total. The number of halogens is 1. The molecule has 0 aliphatic carbocycles. The van der Waals surface area contributed by atoms with Crippen molar-refractivity contribution in [3.63, 3.8) is 0 Å². The molecule has 16 heavy (non-hydrogen) atoms. The molecule has 0 atom stereocenters. The maximum absolute atomic E-state index is 12.9. The van der Waals surface area contributed by atoms with Crippen molar-refractivity contribution >= 4 is 11.7 Å². The first-order chi connectivity index (χ1) is 7.54. The molecule has 0 unspecified atom stereocenters. The van der Waals surface area contributed by atoms with Crippen molar-refractivity contribution in [1.82, 2.24) is 5.32 Å². The van der Waals surface area contributed by atoms with Gasteiger partial charge in [-0.1, -0.05) is 12.1 Å². The van der Waals surface area contributed by atoms with Gasteiger partial charge in [0.05, 0.1) is 6.54 Å². The third-order valence-corrected chi connectivity index (χ3v) is 2.11. The molecule has 0 saturated heterocycles. The van der Waals surface area contributed by atoms with Gasteiger partial charge in [-0.2, -0.15) is 0 Å². The predicted molar refractivity (Wildman–Crippen MR) is 57.0 cm³/mol. The van der Waals surface area contributed by atoms with Gasteiger partial charge in [0.15, 0.2) is 0 Å². The molecule has 1 aromatic rings. The number of nitrogens with two attached hydrogens (primary N) is 1. The number of carbonyl (C=O) groups is 2. The van der Waals surface area contributed by atoms with Crippen molar-refractivity contribution < 1.29 is 14.0 Å². The van der Waals surface area contributed by atoms with Gasteiger partial charge < -0.3 is 11.1 Å². The lowest BCUT2D eigenvalue weighted by atomic mass is 10.1. The number of ketones is 1. The minimum atomic E-state index is -0.718. The number of hydrogen-bond donors (Lipinski definition) is 2. The monoisotopic (exact) mass is 224 g/mol. The van der Waals surface area contributed by atoms with Crippen molar-refractivity contribution in [1.29, 1.82) is 0 Å². The predicted octanol–water partition coefficient (Wildman–Crippen LogP) is 0.278. The Morgan fingerprint density at radius 3 is 2.69 bits per heavy atom. The van der Waals surface area contributed by atoms with Crippen LogP contribution < -0.4 is 11.1 Å². The van der Waals surface area contributed by atoms with Crippen LogP contribution in [0.4, 0.5) is 4.39 Å². The van der Waals surface area contributed by atoms with Gasteiger partial charge >= 0.3 is 0 Å². The molecule has 0 heterocycles. The van der Waals surface area contributed by atoms with E-state index in [-0.39, 0.29) is 18.9 Å². The van der Waals surface area contributed by atoms with E-state index in [9.17, 15) is 14.0 Å². The lowest BCUT2D eigenvalue weighted by Gasteiger charge is -2.05. The molecule has 0 aliphatic heterocycles. The maximum atomic E-state index is 12.9. The molecule has 1 aromatic carbocycles. The standard InChI is InChI=1S/C11H13FN2O2/c1-7-4-8(2-3-9(7)12)6-14-11(16)10(15)5-13/h2-4H,5-6,13H2,1H3,(H,14,16). The van der Waals surface area contributed by atoms with Crippen LogP contribution in [0.3, 0.4) is 0 Å². The second kappa shape index (κ2) is 5.37. The minimum absolute atomic E-state index is 0.186. The summed E-state index contributed by atoms with van der Waals surface area (Å²) in [6.07, 6.45) is 0. The van der Waals surface area contributed by atoms with Gasteiger partial charge in [-0.15, -0.1) is 0 Å². The van der Waals surface area contributed by atoms with E-state index >= 15 is 0 Å². The van der Waals surface area contributed by atoms with Crippen LogP contribution in [0.25, 0.3) is 0 Å². The van der Waals surface area contributed by atoms with Crippen LogP contribution in [0.5, 0.6) is 0 Å². The maximum Gasteiger partial charge on any atom is 0.289 e. The highest BCUT2D eigenvalue weighted by Gasteiger charge is 2.10. The lowest BCUT2D eigenvalue weighted by molar-refractivity contribution is -0.137. The van der Waals surface area contributed by atoms with E-state index in [0.29, 0.717) is 5.56 Å². The van der Waals surface area contributed by atoms with E-state index in [2.05, 4.69) is 5.32 Å². The number of Topliss-reactive ketones (excluding diaryl/α,β-unsaturated/α-hetero) is 1. The summed E-state index contributed by atoms with van der Waals surface area (Å²) in [6, 6.07) is 4.49. The average Bonchev–Trinajstić information content (AvgIpc) is 2.29. The number of aryl methyl sites for hydroxylation is 1. The molecule has 0 aromatic heterocycles. The molecule has 0 fully saturated rings. The number of carbonyl (C=O) groups excluding carboxylic acids is 2. The lowest BCUT2D eigenvalue weighted by Crippen LogP contribution is -2.34. The van der Waals surface area contributed by atoms with Crippen molar-refractivity contribution in [2.75, 3.05) is 6.54 Å². The van der Waals surface area contributed by atoms with Crippen molar-refractivity contribution in [3.05, 3.63) is 35.1 Å². The second-order valence-corrected chi connectivity index (χ2v) is 3.39. The quantitative estimate of drug-likeness (QED) is 0.721. The normalized spacial score (nSPS) is 9.94. The number of amides is 1. The Morgan fingerprint density at radius 1 is 1.44 bits per heavy atom. The zero-order chi connectivity index (χ0) is 12.1. The molecule has 0 aliphatic rings. The smallest absolute Gasteiger partial charge is 0.289 e. The highest BCUT2D eigenvalue weighted by molar-refractivity contribution is 6.36. The first-order valence-electron chi connectivity index (χ1n) is 4.80. The molecule has 1 rings (SSSR count). The van der Waals surface area contributed by atoms with Gasteiger partial charge in [0.1, 0.15) is 5.82 Å². The van der Waals surface area contributed by atoms with Crippen LogP contribution in [0.15, 0.2) is 18.2 Å². The topological polar surface area (TPSA) is 72.2 Å². The highest BCUT2D eigenvalue weighted by Crippen LogP contribution is 2.08. The number of rotatable bonds is 4. The third kappa shape index (κ3) is 3.13. The summed E-state index contributed by atoms with van der Waals surface area (Å²) in [5.41, 5.74) is 6.26. The Morgan fingerprint density at radius 2 is 2.12 bits per heavy atom. The van der Waals surface area contributed by atoms with E-state index in [0.717, 1.165) is 5.56 Å². The van der Waals surface area contributed by atoms with Crippen LogP contribution in [-0.4, -0.2) is 18.2 Å².